The number of aromatic nitrogens is 1. The zero-order valence-corrected chi connectivity index (χ0v) is 20.2. The fraction of sp³-hybridized carbons (Fsp3) is 0.182. The summed E-state index contributed by atoms with van der Waals surface area (Å²) in [5, 5.41) is 16.2. The quantitative estimate of drug-likeness (QED) is 0.313. The second-order valence-corrected chi connectivity index (χ2v) is 9.95. The molecule has 0 aliphatic carbocycles. The molecule has 1 aromatic heterocycles. The summed E-state index contributed by atoms with van der Waals surface area (Å²) in [6.45, 7) is 1.79. The molecule has 7 nitrogen and oxygen atoms in total. The largest absolute Gasteiger partial charge is 0.481 e. The van der Waals surface area contributed by atoms with Gasteiger partial charge < -0.3 is 15.7 Å². The SMILES string of the molecule is CC(Sc1cccc(NC(=O)CCC(=O)O)c1)C(=O)Nc1nc(-c2ccc(Br)cc2)cs1. The van der Waals surface area contributed by atoms with Crippen molar-refractivity contribution in [3.05, 3.63) is 58.4 Å². The number of halogens is 1. The number of carbonyl (C=O) groups is 3. The van der Waals surface area contributed by atoms with Gasteiger partial charge in [-0.3, -0.25) is 14.4 Å². The van der Waals surface area contributed by atoms with Gasteiger partial charge in [-0.05, 0) is 37.3 Å². The monoisotopic (exact) mass is 533 g/mol. The van der Waals surface area contributed by atoms with Gasteiger partial charge in [0.25, 0.3) is 0 Å². The molecular weight excluding hydrogens is 514 g/mol. The lowest BCUT2D eigenvalue weighted by Crippen LogP contribution is -2.22. The van der Waals surface area contributed by atoms with Crippen molar-refractivity contribution in [2.75, 3.05) is 10.6 Å². The third-order valence-corrected chi connectivity index (χ3v) is 6.62. The summed E-state index contributed by atoms with van der Waals surface area (Å²) in [7, 11) is 0. The van der Waals surface area contributed by atoms with E-state index in [1.807, 2.05) is 35.7 Å². The number of amides is 2. The molecule has 3 aromatic rings. The van der Waals surface area contributed by atoms with Crippen molar-refractivity contribution in [2.24, 2.45) is 0 Å². The summed E-state index contributed by atoms with van der Waals surface area (Å²) < 4.78 is 0.986. The molecule has 3 rings (SSSR count). The average molecular weight is 534 g/mol. The number of anilines is 2. The highest BCUT2D eigenvalue weighted by molar-refractivity contribution is 9.10. The van der Waals surface area contributed by atoms with Crippen LogP contribution in [-0.4, -0.2) is 33.1 Å². The molecule has 1 atom stereocenters. The molecule has 3 N–H and O–H groups in total. The van der Waals surface area contributed by atoms with E-state index in [2.05, 4.69) is 31.5 Å². The number of benzene rings is 2. The van der Waals surface area contributed by atoms with Crippen molar-refractivity contribution in [1.29, 1.82) is 0 Å². The van der Waals surface area contributed by atoms with E-state index in [1.54, 1.807) is 25.1 Å². The number of hydrogen-bond acceptors (Lipinski definition) is 6. The van der Waals surface area contributed by atoms with Gasteiger partial charge in [-0.1, -0.05) is 34.1 Å². The van der Waals surface area contributed by atoms with Gasteiger partial charge in [0.1, 0.15) is 0 Å². The maximum atomic E-state index is 12.6. The molecule has 32 heavy (non-hydrogen) atoms. The molecule has 10 heteroatoms. The van der Waals surface area contributed by atoms with E-state index in [9.17, 15) is 14.4 Å². The fourth-order valence-corrected chi connectivity index (χ4v) is 4.55. The molecule has 0 spiro atoms. The molecule has 1 heterocycles. The molecular formula is C22H20BrN3O4S2. The predicted octanol–water partition coefficient (Wildman–Crippen LogP) is 5.50. The maximum Gasteiger partial charge on any atom is 0.303 e. The second-order valence-electron chi connectivity index (χ2n) is 6.76. The summed E-state index contributed by atoms with van der Waals surface area (Å²) in [6.07, 6.45) is -0.320. The minimum Gasteiger partial charge on any atom is -0.481 e. The van der Waals surface area contributed by atoms with Crippen molar-refractivity contribution in [2.45, 2.75) is 29.9 Å². The van der Waals surface area contributed by atoms with Crippen LogP contribution in [0.3, 0.4) is 0 Å². The molecule has 2 amide bonds. The lowest BCUT2D eigenvalue weighted by Gasteiger charge is -2.12. The number of thiazole rings is 1. The normalized spacial score (nSPS) is 11.6. The number of carboxylic acids is 1. The van der Waals surface area contributed by atoms with E-state index >= 15 is 0 Å². The zero-order valence-electron chi connectivity index (χ0n) is 17.0. The Bertz CT molecular complexity index is 1120. The molecule has 0 saturated heterocycles. The Morgan fingerprint density at radius 1 is 1.12 bits per heavy atom. The molecule has 0 aliphatic heterocycles. The molecule has 0 aliphatic rings. The minimum atomic E-state index is -1.02. The van der Waals surface area contributed by atoms with Crippen LogP contribution in [0, 0.1) is 0 Å². The minimum absolute atomic E-state index is 0.0957. The number of rotatable bonds is 9. The van der Waals surface area contributed by atoms with Gasteiger partial charge >= 0.3 is 5.97 Å². The summed E-state index contributed by atoms with van der Waals surface area (Å²) in [6, 6.07) is 14.9. The number of thioether (sulfide) groups is 1. The number of carboxylic acid groups (broad SMARTS) is 1. The van der Waals surface area contributed by atoms with Crippen molar-refractivity contribution in [3.63, 3.8) is 0 Å². The van der Waals surface area contributed by atoms with E-state index in [-0.39, 0.29) is 24.7 Å². The van der Waals surface area contributed by atoms with E-state index < -0.39 is 11.2 Å². The molecule has 0 radical (unpaired) electrons. The van der Waals surface area contributed by atoms with Crippen LogP contribution in [0.2, 0.25) is 0 Å². The molecule has 0 fully saturated rings. The summed E-state index contributed by atoms with van der Waals surface area (Å²) in [4.78, 5) is 40.3. The first-order valence-corrected chi connectivity index (χ1v) is 12.2. The third kappa shape index (κ3) is 7.18. The van der Waals surface area contributed by atoms with Crippen LogP contribution in [0.1, 0.15) is 19.8 Å². The highest BCUT2D eigenvalue weighted by Crippen LogP contribution is 2.29. The van der Waals surface area contributed by atoms with Gasteiger partial charge in [-0.2, -0.15) is 0 Å². The van der Waals surface area contributed by atoms with Crippen LogP contribution in [0.15, 0.2) is 63.3 Å². The van der Waals surface area contributed by atoms with Gasteiger partial charge in [0.05, 0.1) is 17.4 Å². The van der Waals surface area contributed by atoms with Gasteiger partial charge in [-0.15, -0.1) is 23.1 Å². The molecule has 0 saturated carbocycles. The van der Waals surface area contributed by atoms with Crippen molar-refractivity contribution in [3.8, 4) is 11.3 Å². The Morgan fingerprint density at radius 2 is 1.88 bits per heavy atom. The standard InChI is InChI=1S/C22H20BrN3O4S2/c1-13(32-17-4-2-3-16(11-17)24-19(27)9-10-20(28)29)21(30)26-22-25-18(12-31-22)14-5-7-15(23)8-6-14/h2-8,11-13H,9-10H2,1H3,(H,24,27)(H,28,29)(H,25,26,30). The maximum absolute atomic E-state index is 12.6. The highest BCUT2D eigenvalue weighted by atomic mass is 79.9. The number of hydrogen-bond donors (Lipinski definition) is 3. The first-order valence-electron chi connectivity index (χ1n) is 9.61. The zero-order chi connectivity index (χ0) is 23.1. The predicted molar refractivity (Wildman–Crippen MR) is 131 cm³/mol. The first-order chi connectivity index (χ1) is 15.3. The van der Waals surface area contributed by atoms with Gasteiger partial charge in [0.2, 0.25) is 11.8 Å². The Labute approximate surface area is 201 Å². The van der Waals surface area contributed by atoms with E-state index in [4.69, 9.17) is 5.11 Å². The fourth-order valence-electron chi connectivity index (χ4n) is 2.64. The van der Waals surface area contributed by atoms with Crippen LogP contribution >= 0.6 is 39.0 Å². The summed E-state index contributed by atoms with van der Waals surface area (Å²) in [5.41, 5.74) is 2.32. The summed E-state index contributed by atoms with van der Waals surface area (Å²) in [5.74, 6) is -1.57. The Balaban J connectivity index is 1.56. The van der Waals surface area contributed by atoms with Crippen LogP contribution in [0.4, 0.5) is 10.8 Å². The Morgan fingerprint density at radius 3 is 2.59 bits per heavy atom. The lowest BCUT2D eigenvalue weighted by molar-refractivity contribution is -0.138. The smallest absolute Gasteiger partial charge is 0.303 e. The van der Waals surface area contributed by atoms with Crippen molar-refractivity contribution >= 4 is 67.6 Å². The number of aliphatic carboxylic acids is 1. The number of carbonyl (C=O) groups excluding carboxylic acids is 2. The third-order valence-electron chi connectivity index (χ3n) is 4.24. The van der Waals surface area contributed by atoms with Crippen LogP contribution in [0.5, 0.6) is 0 Å². The molecule has 1 unspecified atom stereocenters. The summed E-state index contributed by atoms with van der Waals surface area (Å²) >= 11 is 6.12. The van der Waals surface area contributed by atoms with Gasteiger partial charge in [0, 0.05) is 32.4 Å². The average Bonchev–Trinajstić information content (AvgIpc) is 3.21. The van der Waals surface area contributed by atoms with E-state index in [1.165, 1.54) is 23.1 Å². The van der Waals surface area contributed by atoms with Crippen molar-refractivity contribution in [1.82, 2.24) is 4.98 Å². The Kier molecular flexibility index (Phi) is 8.43. The number of nitrogens with one attached hydrogen (secondary N) is 2. The number of nitrogens with zero attached hydrogens (tertiary/aromatic N) is 1. The lowest BCUT2D eigenvalue weighted by atomic mass is 10.2. The molecule has 166 valence electrons. The topological polar surface area (TPSA) is 108 Å². The Hall–Kier alpha value is -2.69. The molecule has 2 aromatic carbocycles. The van der Waals surface area contributed by atoms with Gasteiger partial charge in [-0.25, -0.2) is 4.98 Å². The van der Waals surface area contributed by atoms with Crippen molar-refractivity contribution < 1.29 is 19.5 Å². The van der Waals surface area contributed by atoms with Crippen LogP contribution in [-0.2, 0) is 14.4 Å². The molecule has 0 bridgehead atoms. The second kappa shape index (κ2) is 11.3. The van der Waals surface area contributed by atoms with Crippen LogP contribution < -0.4 is 10.6 Å². The van der Waals surface area contributed by atoms with Crippen LogP contribution in [0.25, 0.3) is 11.3 Å². The first kappa shape index (κ1) is 24.0. The van der Waals surface area contributed by atoms with E-state index in [0.29, 0.717) is 10.8 Å². The van der Waals surface area contributed by atoms with E-state index in [0.717, 1.165) is 20.6 Å². The highest BCUT2D eigenvalue weighted by Gasteiger charge is 2.17. The van der Waals surface area contributed by atoms with Gasteiger partial charge in [0.15, 0.2) is 5.13 Å².